The lowest BCUT2D eigenvalue weighted by Gasteiger charge is -2.02. The topological polar surface area (TPSA) is 75.7 Å². The van der Waals surface area contributed by atoms with Crippen molar-refractivity contribution in [2.24, 2.45) is 0 Å². The standard InChI is InChI=1S/C20H18F3N3O2S/c1-3-10(2)20-26-25-17(29-20)5-4-16(27)15-6-11(9-24-15)19(28)18-13(22)7-12(21)8-14(18)23/h6-10,24H,3-5H2,1-2H3. The first-order valence-electron chi connectivity index (χ1n) is 9.03. The molecule has 1 atom stereocenters. The Bertz CT molecular complexity index is 1040. The second kappa shape index (κ2) is 8.69. The van der Waals surface area contributed by atoms with Crippen molar-refractivity contribution >= 4 is 22.9 Å². The third-order valence-corrected chi connectivity index (χ3v) is 5.78. The number of H-pyrrole nitrogens is 1. The summed E-state index contributed by atoms with van der Waals surface area (Å²) in [5.74, 6) is -4.65. The molecule has 29 heavy (non-hydrogen) atoms. The maximum absolute atomic E-state index is 13.8. The van der Waals surface area contributed by atoms with Gasteiger partial charge in [-0.15, -0.1) is 21.5 Å². The largest absolute Gasteiger partial charge is 0.358 e. The summed E-state index contributed by atoms with van der Waals surface area (Å²) in [4.78, 5) is 27.4. The monoisotopic (exact) mass is 421 g/mol. The lowest BCUT2D eigenvalue weighted by molar-refractivity contribution is 0.0978. The fourth-order valence-corrected chi connectivity index (χ4v) is 3.66. The highest BCUT2D eigenvalue weighted by molar-refractivity contribution is 7.11. The summed E-state index contributed by atoms with van der Waals surface area (Å²) < 4.78 is 40.7. The van der Waals surface area contributed by atoms with Crippen LogP contribution in [0.4, 0.5) is 13.2 Å². The zero-order valence-electron chi connectivity index (χ0n) is 15.8. The van der Waals surface area contributed by atoms with Gasteiger partial charge >= 0.3 is 0 Å². The molecule has 1 aromatic carbocycles. The molecule has 0 saturated heterocycles. The first kappa shape index (κ1) is 20.9. The van der Waals surface area contributed by atoms with Crippen LogP contribution < -0.4 is 0 Å². The molecule has 3 aromatic rings. The average molecular weight is 421 g/mol. The van der Waals surface area contributed by atoms with Crippen molar-refractivity contribution in [1.29, 1.82) is 0 Å². The van der Waals surface area contributed by atoms with Gasteiger partial charge in [0, 0.05) is 42.7 Å². The zero-order valence-corrected chi connectivity index (χ0v) is 16.6. The van der Waals surface area contributed by atoms with Crippen LogP contribution in [0.15, 0.2) is 24.4 Å². The molecule has 9 heteroatoms. The van der Waals surface area contributed by atoms with Crippen LogP contribution in [0.3, 0.4) is 0 Å². The van der Waals surface area contributed by atoms with Gasteiger partial charge < -0.3 is 4.98 Å². The summed E-state index contributed by atoms with van der Waals surface area (Å²) in [6, 6.07) is 2.10. The Labute approximate surface area is 169 Å². The number of ketones is 2. The van der Waals surface area contributed by atoms with Crippen molar-refractivity contribution < 1.29 is 22.8 Å². The van der Waals surface area contributed by atoms with Crippen LogP contribution in [-0.4, -0.2) is 26.7 Å². The van der Waals surface area contributed by atoms with Crippen LogP contribution >= 0.6 is 11.3 Å². The second-order valence-corrected chi connectivity index (χ2v) is 7.74. The summed E-state index contributed by atoms with van der Waals surface area (Å²) in [6.45, 7) is 4.11. The first-order chi connectivity index (χ1) is 13.8. The van der Waals surface area contributed by atoms with E-state index in [2.05, 4.69) is 29.0 Å². The van der Waals surface area contributed by atoms with Crippen molar-refractivity contribution in [3.63, 3.8) is 0 Å². The number of nitrogens with one attached hydrogen (secondary N) is 1. The summed E-state index contributed by atoms with van der Waals surface area (Å²) >= 11 is 1.46. The van der Waals surface area contributed by atoms with Crippen LogP contribution in [0.2, 0.25) is 0 Å². The number of Topliss-reactive ketones (excluding diaryl/α,β-unsaturated/α-hetero) is 1. The Hall–Kier alpha value is -2.81. The van der Waals surface area contributed by atoms with Crippen molar-refractivity contribution in [3.8, 4) is 0 Å². The van der Waals surface area contributed by atoms with Crippen LogP contribution in [-0.2, 0) is 6.42 Å². The minimum Gasteiger partial charge on any atom is -0.358 e. The molecule has 0 aliphatic carbocycles. The number of aromatic amines is 1. The Morgan fingerprint density at radius 3 is 2.48 bits per heavy atom. The van der Waals surface area contributed by atoms with Crippen LogP contribution in [0.1, 0.15) is 69.0 Å². The molecule has 3 rings (SSSR count). The minimum atomic E-state index is -1.30. The lowest BCUT2D eigenvalue weighted by atomic mass is 10.0. The van der Waals surface area contributed by atoms with Gasteiger partial charge in [-0.3, -0.25) is 9.59 Å². The minimum absolute atomic E-state index is 0.0901. The molecule has 0 spiro atoms. The van der Waals surface area contributed by atoms with E-state index in [0.717, 1.165) is 16.4 Å². The quantitative estimate of drug-likeness (QED) is 0.528. The van der Waals surface area contributed by atoms with E-state index in [-0.39, 0.29) is 23.5 Å². The number of hydrogen-bond acceptors (Lipinski definition) is 5. The third kappa shape index (κ3) is 4.61. The van der Waals surface area contributed by atoms with Crippen molar-refractivity contribution in [1.82, 2.24) is 15.2 Å². The molecule has 0 radical (unpaired) electrons. The number of nitrogens with zero attached hydrogens (tertiary/aromatic N) is 2. The van der Waals surface area contributed by atoms with Gasteiger partial charge in [0.25, 0.3) is 0 Å². The smallest absolute Gasteiger partial charge is 0.200 e. The van der Waals surface area contributed by atoms with Crippen molar-refractivity contribution in [2.75, 3.05) is 0 Å². The number of halogens is 3. The molecule has 152 valence electrons. The summed E-state index contributed by atoms with van der Waals surface area (Å²) in [5.41, 5.74) is -0.813. The molecule has 0 bridgehead atoms. The number of carbonyl (C=O) groups excluding carboxylic acids is 2. The van der Waals surface area contributed by atoms with Crippen LogP contribution in [0.5, 0.6) is 0 Å². The summed E-state index contributed by atoms with van der Waals surface area (Å²) in [7, 11) is 0. The van der Waals surface area contributed by atoms with E-state index in [9.17, 15) is 22.8 Å². The van der Waals surface area contributed by atoms with Crippen molar-refractivity contribution in [3.05, 3.63) is 68.7 Å². The van der Waals surface area contributed by atoms with Gasteiger partial charge in [0.05, 0.1) is 11.3 Å². The molecular formula is C20H18F3N3O2S. The molecule has 2 aromatic heterocycles. The number of aryl methyl sites for hydroxylation is 1. The fourth-order valence-electron chi connectivity index (χ4n) is 2.69. The fraction of sp³-hybridized carbons (Fsp3) is 0.300. The molecule has 0 fully saturated rings. The van der Waals surface area contributed by atoms with Gasteiger partial charge in [-0.05, 0) is 12.5 Å². The number of rotatable bonds is 8. The number of carbonyl (C=O) groups is 2. The highest BCUT2D eigenvalue weighted by Gasteiger charge is 2.22. The Kier molecular flexibility index (Phi) is 6.26. The van der Waals surface area contributed by atoms with E-state index >= 15 is 0 Å². The molecule has 0 aliphatic rings. The highest BCUT2D eigenvalue weighted by atomic mass is 32.1. The van der Waals surface area contributed by atoms with E-state index in [1.807, 2.05) is 0 Å². The van der Waals surface area contributed by atoms with E-state index in [1.165, 1.54) is 23.6 Å². The molecule has 5 nitrogen and oxygen atoms in total. The van der Waals surface area contributed by atoms with Gasteiger partial charge in [0.15, 0.2) is 11.6 Å². The SMILES string of the molecule is CCC(C)c1nnc(CCC(=O)c2cc(C(=O)c3c(F)cc(F)cc3F)c[nH]2)s1. The molecule has 0 amide bonds. The van der Waals surface area contributed by atoms with Gasteiger partial charge in [-0.1, -0.05) is 13.8 Å². The number of hydrogen-bond donors (Lipinski definition) is 1. The third-order valence-electron chi connectivity index (χ3n) is 4.56. The van der Waals surface area contributed by atoms with Gasteiger partial charge in [0.2, 0.25) is 0 Å². The van der Waals surface area contributed by atoms with Gasteiger partial charge in [-0.25, -0.2) is 13.2 Å². The van der Waals surface area contributed by atoms with E-state index in [0.29, 0.717) is 24.5 Å². The Balaban J connectivity index is 1.69. The molecule has 2 heterocycles. The van der Waals surface area contributed by atoms with Crippen LogP contribution in [0, 0.1) is 17.5 Å². The Morgan fingerprint density at radius 2 is 1.83 bits per heavy atom. The number of aromatic nitrogens is 3. The summed E-state index contributed by atoms with van der Waals surface area (Å²) in [6.07, 6.45) is 2.69. The maximum atomic E-state index is 13.8. The van der Waals surface area contributed by atoms with Crippen molar-refractivity contribution in [2.45, 2.75) is 39.0 Å². The normalized spacial score (nSPS) is 12.2. The molecule has 0 saturated carbocycles. The van der Waals surface area contributed by atoms with E-state index in [1.54, 1.807) is 0 Å². The maximum Gasteiger partial charge on any atom is 0.200 e. The van der Waals surface area contributed by atoms with E-state index < -0.39 is 28.8 Å². The Morgan fingerprint density at radius 1 is 1.14 bits per heavy atom. The predicted octanol–water partition coefficient (Wildman–Crippen LogP) is 4.84. The molecular weight excluding hydrogens is 403 g/mol. The van der Waals surface area contributed by atoms with Crippen LogP contribution in [0.25, 0.3) is 0 Å². The van der Waals surface area contributed by atoms with E-state index in [4.69, 9.17) is 0 Å². The lowest BCUT2D eigenvalue weighted by Crippen LogP contribution is -2.07. The summed E-state index contributed by atoms with van der Waals surface area (Å²) in [5, 5.41) is 9.88. The molecule has 1 unspecified atom stereocenters. The van der Waals surface area contributed by atoms with Gasteiger partial charge in [0.1, 0.15) is 27.5 Å². The second-order valence-electron chi connectivity index (χ2n) is 6.64. The first-order valence-corrected chi connectivity index (χ1v) is 9.85. The molecule has 1 N–H and O–H groups in total. The highest BCUT2D eigenvalue weighted by Crippen LogP contribution is 2.24. The van der Waals surface area contributed by atoms with Gasteiger partial charge in [-0.2, -0.15) is 0 Å². The molecule has 0 aliphatic heterocycles. The zero-order chi connectivity index (χ0) is 21.1. The number of benzene rings is 1. The predicted molar refractivity (Wildman–Crippen MR) is 102 cm³/mol. The average Bonchev–Trinajstić information content (AvgIpc) is 3.34.